The van der Waals surface area contributed by atoms with E-state index in [1.165, 1.54) is 19.3 Å². The SMILES string of the molecule is CC(C)=CC(=O)NCC1CCCCN1. The Morgan fingerprint density at radius 2 is 2.29 bits per heavy atom. The van der Waals surface area contributed by atoms with Crippen molar-refractivity contribution in [1.29, 1.82) is 0 Å². The van der Waals surface area contributed by atoms with Gasteiger partial charge in [0.1, 0.15) is 0 Å². The van der Waals surface area contributed by atoms with Crippen molar-refractivity contribution in [2.45, 2.75) is 39.2 Å². The van der Waals surface area contributed by atoms with Crippen molar-refractivity contribution in [2.75, 3.05) is 13.1 Å². The maximum absolute atomic E-state index is 11.3. The van der Waals surface area contributed by atoms with Gasteiger partial charge in [-0.05, 0) is 33.2 Å². The van der Waals surface area contributed by atoms with Crippen LogP contribution in [-0.2, 0) is 4.79 Å². The molecule has 0 radical (unpaired) electrons. The van der Waals surface area contributed by atoms with Crippen LogP contribution in [0.25, 0.3) is 0 Å². The van der Waals surface area contributed by atoms with Gasteiger partial charge in [0.05, 0.1) is 0 Å². The molecule has 0 spiro atoms. The molecule has 2 N–H and O–H groups in total. The Hall–Kier alpha value is -0.830. The first-order valence-electron chi connectivity index (χ1n) is 5.34. The molecule has 3 heteroatoms. The van der Waals surface area contributed by atoms with E-state index in [2.05, 4.69) is 10.6 Å². The van der Waals surface area contributed by atoms with Crippen molar-refractivity contribution < 1.29 is 4.79 Å². The molecule has 1 rings (SSSR count). The summed E-state index contributed by atoms with van der Waals surface area (Å²) in [5.41, 5.74) is 1.04. The van der Waals surface area contributed by atoms with Crippen LogP contribution in [-0.4, -0.2) is 25.0 Å². The molecule has 0 aromatic rings. The highest BCUT2D eigenvalue weighted by Gasteiger charge is 2.12. The Labute approximate surface area is 86.0 Å². The molecule has 1 heterocycles. The number of carbonyl (C=O) groups excluding carboxylic acids is 1. The predicted octanol–water partition coefficient (Wildman–Crippen LogP) is 1.21. The molecule has 1 unspecified atom stereocenters. The van der Waals surface area contributed by atoms with Gasteiger partial charge < -0.3 is 10.6 Å². The molecule has 1 aliphatic rings. The lowest BCUT2D eigenvalue weighted by Crippen LogP contribution is -2.43. The topological polar surface area (TPSA) is 41.1 Å². The van der Waals surface area contributed by atoms with E-state index in [0.29, 0.717) is 6.04 Å². The monoisotopic (exact) mass is 196 g/mol. The number of piperidine rings is 1. The largest absolute Gasteiger partial charge is 0.351 e. The average Bonchev–Trinajstić information content (AvgIpc) is 2.15. The van der Waals surface area contributed by atoms with E-state index in [0.717, 1.165) is 18.7 Å². The van der Waals surface area contributed by atoms with Gasteiger partial charge in [-0.25, -0.2) is 0 Å². The predicted molar refractivity (Wildman–Crippen MR) is 58.1 cm³/mol. The number of carbonyl (C=O) groups is 1. The van der Waals surface area contributed by atoms with Crippen molar-refractivity contribution in [1.82, 2.24) is 10.6 Å². The van der Waals surface area contributed by atoms with Gasteiger partial charge in [0.2, 0.25) is 5.91 Å². The number of hydrogen-bond donors (Lipinski definition) is 2. The zero-order chi connectivity index (χ0) is 10.4. The minimum Gasteiger partial charge on any atom is -0.351 e. The third-order valence-electron chi connectivity index (χ3n) is 2.35. The number of amides is 1. The lowest BCUT2D eigenvalue weighted by atomic mass is 10.1. The first-order valence-corrected chi connectivity index (χ1v) is 5.34. The minimum absolute atomic E-state index is 0.0253. The third-order valence-corrected chi connectivity index (χ3v) is 2.35. The summed E-state index contributed by atoms with van der Waals surface area (Å²) in [4.78, 5) is 11.3. The number of rotatable bonds is 3. The second-order valence-corrected chi connectivity index (χ2v) is 4.11. The van der Waals surface area contributed by atoms with E-state index in [-0.39, 0.29) is 5.91 Å². The minimum atomic E-state index is 0.0253. The molecule has 0 saturated carbocycles. The van der Waals surface area contributed by atoms with Gasteiger partial charge in [-0.2, -0.15) is 0 Å². The summed E-state index contributed by atoms with van der Waals surface area (Å²) in [5.74, 6) is 0.0253. The van der Waals surface area contributed by atoms with Crippen molar-refractivity contribution in [2.24, 2.45) is 0 Å². The number of hydrogen-bond acceptors (Lipinski definition) is 2. The quantitative estimate of drug-likeness (QED) is 0.666. The van der Waals surface area contributed by atoms with E-state index < -0.39 is 0 Å². The van der Waals surface area contributed by atoms with Crippen molar-refractivity contribution >= 4 is 5.91 Å². The Bertz CT molecular complexity index is 213. The summed E-state index contributed by atoms with van der Waals surface area (Å²) >= 11 is 0. The average molecular weight is 196 g/mol. The molecule has 1 saturated heterocycles. The highest BCUT2D eigenvalue weighted by atomic mass is 16.1. The number of nitrogens with one attached hydrogen (secondary N) is 2. The Morgan fingerprint density at radius 1 is 1.50 bits per heavy atom. The van der Waals surface area contributed by atoms with Gasteiger partial charge in [0.15, 0.2) is 0 Å². The zero-order valence-corrected chi connectivity index (χ0v) is 9.10. The van der Waals surface area contributed by atoms with Gasteiger partial charge in [0, 0.05) is 18.7 Å². The molecule has 80 valence electrons. The van der Waals surface area contributed by atoms with Gasteiger partial charge in [-0.3, -0.25) is 4.79 Å². The first kappa shape index (κ1) is 11.2. The molecule has 1 aliphatic heterocycles. The van der Waals surface area contributed by atoms with Crippen LogP contribution in [0.2, 0.25) is 0 Å². The maximum Gasteiger partial charge on any atom is 0.243 e. The zero-order valence-electron chi connectivity index (χ0n) is 9.10. The summed E-state index contributed by atoms with van der Waals surface area (Å²) in [6, 6.07) is 0.471. The molecular formula is C11H20N2O. The first-order chi connectivity index (χ1) is 6.68. The van der Waals surface area contributed by atoms with Crippen LogP contribution in [0.5, 0.6) is 0 Å². The summed E-state index contributed by atoms with van der Waals surface area (Å²) in [7, 11) is 0. The van der Waals surface area contributed by atoms with Gasteiger partial charge in [0.25, 0.3) is 0 Å². The standard InChI is InChI=1S/C11H20N2O/c1-9(2)7-11(14)13-8-10-5-3-4-6-12-10/h7,10,12H,3-6,8H2,1-2H3,(H,13,14). The van der Waals surface area contributed by atoms with Crippen LogP contribution in [0.3, 0.4) is 0 Å². The molecule has 0 aliphatic carbocycles. The molecule has 1 amide bonds. The smallest absolute Gasteiger partial charge is 0.243 e. The molecular weight excluding hydrogens is 176 g/mol. The highest BCUT2D eigenvalue weighted by Crippen LogP contribution is 2.05. The van der Waals surface area contributed by atoms with Crippen LogP contribution >= 0.6 is 0 Å². The highest BCUT2D eigenvalue weighted by molar-refractivity contribution is 5.88. The second-order valence-electron chi connectivity index (χ2n) is 4.11. The fourth-order valence-corrected chi connectivity index (χ4v) is 1.64. The normalized spacial score (nSPS) is 21.4. The van der Waals surface area contributed by atoms with Crippen LogP contribution in [0.15, 0.2) is 11.6 Å². The molecule has 3 nitrogen and oxygen atoms in total. The van der Waals surface area contributed by atoms with Crippen LogP contribution in [0.4, 0.5) is 0 Å². The Morgan fingerprint density at radius 3 is 2.86 bits per heavy atom. The molecule has 1 fully saturated rings. The van der Waals surface area contributed by atoms with E-state index >= 15 is 0 Å². The lowest BCUT2D eigenvalue weighted by Gasteiger charge is -2.23. The fraction of sp³-hybridized carbons (Fsp3) is 0.727. The Balaban J connectivity index is 2.19. The van der Waals surface area contributed by atoms with Gasteiger partial charge in [-0.15, -0.1) is 0 Å². The van der Waals surface area contributed by atoms with Crippen LogP contribution in [0, 0.1) is 0 Å². The Kier molecular flexibility index (Phi) is 4.66. The van der Waals surface area contributed by atoms with Crippen molar-refractivity contribution in [3.05, 3.63) is 11.6 Å². The van der Waals surface area contributed by atoms with Gasteiger partial charge in [-0.1, -0.05) is 12.0 Å². The summed E-state index contributed by atoms with van der Waals surface area (Å²) in [6.07, 6.45) is 5.35. The van der Waals surface area contributed by atoms with E-state index in [9.17, 15) is 4.79 Å². The van der Waals surface area contributed by atoms with Gasteiger partial charge >= 0.3 is 0 Å². The van der Waals surface area contributed by atoms with Crippen molar-refractivity contribution in [3.63, 3.8) is 0 Å². The summed E-state index contributed by atoms with van der Waals surface area (Å²) in [5, 5.41) is 6.30. The molecule has 0 bridgehead atoms. The summed E-state index contributed by atoms with van der Waals surface area (Å²) in [6.45, 7) is 5.70. The fourth-order valence-electron chi connectivity index (χ4n) is 1.64. The van der Waals surface area contributed by atoms with Crippen molar-refractivity contribution in [3.8, 4) is 0 Å². The van der Waals surface area contributed by atoms with Crippen LogP contribution in [0.1, 0.15) is 33.1 Å². The summed E-state index contributed by atoms with van der Waals surface area (Å²) < 4.78 is 0. The number of allylic oxidation sites excluding steroid dienone is 1. The third kappa shape index (κ3) is 4.42. The van der Waals surface area contributed by atoms with E-state index in [4.69, 9.17) is 0 Å². The van der Waals surface area contributed by atoms with E-state index in [1.807, 2.05) is 13.8 Å². The van der Waals surface area contributed by atoms with E-state index in [1.54, 1.807) is 6.08 Å². The molecule has 1 atom stereocenters. The maximum atomic E-state index is 11.3. The van der Waals surface area contributed by atoms with Crippen LogP contribution < -0.4 is 10.6 Å². The molecule has 0 aromatic carbocycles. The molecule has 0 aromatic heterocycles. The lowest BCUT2D eigenvalue weighted by molar-refractivity contribution is -0.116. The molecule has 14 heavy (non-hydrogen) atoms. The second kappa shape index (κ2) is 5.81.